The van der Waals surface area contributed by atoms with Crippen molar-refractivity contribution >= 4 is 39.8 Å². The van der Waals surface area contributed by atoms with Crippen molar-refractivity contribution in [1.82, 2.24) is 0 Å². The molecule has 1 N–H and O–H groups in total. The first-order chi connectivity index (χ1) is 10.5. The van der Waals surface area contributed by atoms with Gasteiger partial charge in [-0.2, -0.15) is 5.26 Å². The molecule has 2 rings (SSSR count). The molecule has 1 atom stereocenters. The number of halogens is 1. The number of nitriles is 1. The van der Waals surface area contributed by atoms with E-state index in [1.807, 2.05) is 6.07 Å². The Hall–Kier alpha value is -2.36. The summed E-state index contributed by atoms with van der Waals surface area (Å²) in [6.45, 7) is 1.45. The number of esters is 1. The van der Waals surface area contributed by atoms with Crippen LogP contribution in [0.4, 0.5) is 5.00 Å². The van der Waals surface area contributed by atoms with E-state index < -0.39 is 18.0 Å². The molecule has 2 aromatic rings. The average molecular weight is 335 g/mol. The second kappa shape index (κ2) is 7.07. The standard InChI is InChI=1S/C15H11ClN2O3S/c1-9(13(19)18-14-10(8-17)6-7-22-14)21-15(20)11-4-2-3-5-12(11)16/h2-7,9H,1H3,(H,18,19). The van der Waals surface area contributed by atoms with Gasteiger partial charge in [-0.25, -0.2) is 4.79 Å². The molecular weight excluding hydrogens is 324 g/mol. The molecule has 0 saturated heterocycles. The number of rotatable bonds is 4. The second-order valence-corrected chi connectivity index (χ2v) is 5.62. The minimum Gasteiger partial charge on any atom is -0.449 e. The van der Waals surface area contributed by atoms with Gasteiger partial charge in [-0.05, 0) is 30.5 Å². The fraction of sp³-hybridized carbons (Fsp3) is 0.133. The van der Waals surface area contributed by atoms with Crippen LogP contribution in [0.2, 0.25) is 5.02 Å². The lowest BCUT2D eigenvalue weighted by atomic mass is 10.2. The fourth-order valence-electron chi connectivity index (χ4n) is 1.61. The zero-order valence-electron chi connectivity index (χ0n) is 11.5. The van der Waals surface area contributed by atoms with Gasteiger partial charge in [0, 0.05) is 0 Å². The molecular formula is C15H11ClN2O3S. The first-order valence-corrected chi connectivity index (χ1v) is 7.52. The van der Waals surface area contributed by atoms with Crippen molar-refractivity contribution in [3.05, 3.63) is 51.9 Å². The van der Waals surface area contributed by atoms with Crippen molar-refractivity contribution in [3.63, 3.8) is 0 Å². The topological polar surface area (TPSA) is 79.2 Å². The van der Waals surface area contributed by atoms with Crippen molar-refractivity contribution in [2.24, 2.45) is 0 Å². The summed E-state index contributed by atoms with van der Waals surface area (Å²) < 4.78 is 5.09. The van der Waals surface area contributed by atoms with Crippen LogP contribution in [0, 0.1) is 11.3 Å². The van der Waals surface area contributed by atoms with Crippen LogP contribution < -0.4 is 5.32 Å². The largest absolute Gasteiger partial charge is 0.449 e. The Morgan fingerprint density at radius 3 is 2.77 bits per heavy atom. The molecule has 1 unspecified atom stereocenters. The summed E-state index contributed by atoms with van der Waals surface area (Å²) in [7, 11) is 0. The smallest absolute Gasteiger partial charge is 0.340 e. The summed E-state index contributed by atoms with van der Waals surface area (Å²) >= 11 is 7.12. The average Bonchev–Trinajstić information content (AvgIpc) is 2.94. The number of hydrogen-bond donors (Lipinski definition) is 1. The predicted octanol–water partition coefficient (Wildman–Crippen LogP) is 3.46. The molecule has 5 nitrogen and oxygen atoms in total. The van der Waals surface area contributed by atoms with E-state index in [0.717, 1.165) is 0 Å². The van der Waals surface area contributed by atoms with Crippen molar-refractivity contribution in [1.29, 1.82) is 5.26 Å². The number of anilines is 1. The van der Waals surface area contributed by atoms with Gasteiger partial charge in [-0.3, -0.25) is 4.79 Å². The van der Waals surface area contributed by atoms with Crippen LogP contribution in [0.25, 0.3) is 0 Å². The van der Waals surface area contributed by atoms with Gasteiger partial charge in [0.25, 0.3) is 5.91 Å². The van der Waals surface area contributed by atoms with E-state index in [9.17, 15) is 9.59 Å². The Morgan fingerprint density at radius 2 is 2.09 bits per heavy atom. The maximum absolute atomic E-state index is 12.0. The highest BCUT2D eigenvalue weighted by atomic mass is 35.5. The molecule has 1 heterocycles. The highest BCUT2D eigenvalue weighted by Crippen LogP contribution is 2.22. The summed E-state index contributed by atoms with van der Waals surface area (Å²) in [5.41, 5.74) is 0.556. The number of thiophene rings is 1. The SMILES string of the molecule is CC(OC(=O)c1ccccc1Cl)C(=O)Nc1sccc1C#N. The lowest BCUT2D eigenvalue weighted by Crippen LogP contribution is -2.30. The van der Waals surface area contributed by atoms with E-state index in [-0.39, 0.29) is 10.6 Å². The van der Waals surface area contributed by atoms with E-state index in [0.29, 0.717) is 10.6 Å². The summed E-state index contributed by atoms with van der Waals surface area (Å²) in [6, 6.07) is 9.98. The van der Waals surface area contributed by atoms with E-state index in [2.05, 4.69) is 5.32 Å². The minimum absolute atomic E-state index is 0.192. The van der Waals surface area contributed by atoms with Gasteiger partial charge in [0.2, 0.25) is 0 Å². The maximum Gasteiger partial charge on any atom is 0.340 e. The van der Waals surface area contributed by atoms with Crippen LogP contribution >= 0.6 is 22.9 Å². The number of nitrogens with one attached hydrogen (secondary N) is 1. The molecule has 0 spiro atoms. The Bertz CT molecular complexity index is 751. The monoisotopic (exact) mass is 334 g/mol. The van der Waals surface area contributed by atoms with Crippen LogP contribution in [0.3, 0.4) is 0 Å². The minimum atomic E-state index is -1.02. The van der Waals surface area contributed by atoms with Crippen LogP contribution in [0.15, 0.2) is 35.7 Å². The molecule has 0 bridgehead atoms. The Morgan fingerprint density at radius 1 is 1.36 bits per heavy atom. The zero-order valence-corrected chi connectivity index (χ0v) is 13.1. The molecule has 0 aliphatic heterocycles. The highest BCUT2D eigenvalue weighted by Gasteiger charge is 2.21. The van der Waals surface area contributed by atoms with Crippen molar-refractivity contribution in [2.45, 2.75) is 13.0 Å². The Labute approximate surface area is 136 Å². The van der Waals surface area contributed by atoms with Crippen LogP contribution in [-0.2, 0) is 9.53 Å². The van der Waals surface area contributed by atoms with Gasteiger partial charge in [-0.1, -0.05) is 23.7 Å². The molecule has 7 heteroatoms. The maximum atomic E-state index is 12.0. The molecule has 1 aromatic carbocycles. The molecule has 0 aliphatic rings. The van der Waals surface area contributed by atoms with Gasteiger partial charge in [0.1, 0.15) is 11.1 Å². The quantitative estimate of drug-likeness (QED) is 0.868. The third-order valence-electron chi connectivity index (χ3n) is 2.77. The summed E-state index contributed by atoms with van der Waals surface area (Å²) in [4.78, 5) is 24.0. The molecule has 1 amide bonds. The third-order valence-corrected chi connectivity index (χ3v) is 3.93. The first kappa shape index (κ1) is 16.0. The summed E-state index contributed by atoms with van der Waals surface area (Å²) in [5.74, 6) is -1.20. The highest BCUT2D eigenvalue weighted by molar-refractivity contribution is 7.14. The summed E-state index contributed by atoms with van der Waals surface area (Å²) in [5, 5.41) is 13.8. The summed E-state index contributed by atoms with van der Waals surface area (Å²) in [6.07, 6.45) is -1.02. The van der Waals surface area contributed by atoms with E-state index >= 15 is 0 Å². The molecule has 0 saturated carbocycles. The molecule has 112 valence electrons. The van der Waals surface area contributed by atoms with Crippen molar-refractivity contribution < 1.29 is 14.3 Å². The molecule has 22 heavy (non-hydrogen) atoms. The number of ether oxygens (including phenoxy) is 1. The number of carbonyl (C=O) groups is 2. The van der Waals surface area contributed by atoms with Gasteiger partial charge in [0.05, 0.1) is 16.1 Å². The van der Waals surface area contributed by atoms with Crippen LogP contribution in [-0.4, -0.2) is 18.0 Å². The molecule has 1 aromatic heterocycles. The first-order valence-electron chi connectivity index (χ1n) is 6.27. The number of nitrogens with zero attached hydrogens (tertiary/aromatic N) is 1. The van der Waals surface area contributed by atoms with Gasteiger partial charge < -0.3 is 10.1 Å². The fourth-order valence-corrected chi connectivity index (χ4v) is 2.57. The zero-order chi connectivity index (χ0) is 16.1. The van der Waals surface area contributed by atoms with E-state index in [1.165, 1.54) is 24.3 Å². The van der Waals surface area contributed by atoms with E-state index in [4.69, 9.17) is 21.6 Å². The van der Waals surface area contributed by atoms with Gasteiger partial charge in [-0.15, -0.1) is 11.3 Å². The van der Waals surface area contributed by atoms with Crippen LogP contribution in [0.5, 0.6) is 0 Å². The normalized spacial score (nSPS) is 11.3. The molecule has 0 aliphatic carbocycles. The van der Waals surface area contributed by atoms with Crippen LogP contribution in [0.1, 0.15) is 22.8 Å². The van der Waals surface area contributed by atoms with Crippen molar-refractivity contribution in [2.75, 3.05) is 5.32 Å². The van der Waals surface area contributed by atoms with Gasteiger partial charge >= 0.3 is 5.97 Å². The predicted molar refractivity (Wildman–Crippen MR) is 84.0 cm³/mol. The number of hydrogen-bond acceptors (Lipinski definition) is 5. The van der Waals surface area contributed by atoms with Crippen molar-refractivity contribution in [3.8, 4) is 6.07 Å². The second-order valence-electron chi connectivity index (χ2n) is 4.29. The van der Waals surface area contributed by atoms with Gasteiger partial charge in [0.15, 0.2) is 6.10 Å². The Kier molecular flexibility index (Phi) is 5.15. The Balaban J connectivity index is 2.02. The number of amides is 1. The molecule has 0 radical (unpaired) electrons. The lowest BCUT2D eigenvalue weighted by molar-refractivity contribution is -0.123. The molecule has 0 fully saturated rings. The number of carbonyl (C=O) groups excluding carboxylic acids is 2. The lowest BCUT2D eigenvalue weighted by Gasteiger charge is -2.13. The number of benzene rings is 1. The third kappa shape index (κ3) is 3.64. The van der Waals surface area contributed by atoms with E-state index in [1.54, 1.807) is 29.6 Å².